The van der Waals surface area contributed by atoms with E-state index in [1.54, 1.807) is 32.7 Å². The van der Waals surface area contributed by atoms with Gasteiger partial charge in [0.1, 0.15) is 24.4 Å². The summed E-state index contributed by atoms with van der Waals surface area (Å²) in [5, 5.41) is 4.89. The molecule has 63 heavy (non-hydrogen) atoms. The number of aromatic nitrogens is 1. The number of methoxy groups -OCH3 is 3. The quantitative estimate of drug-likeness (QED) is 0.216. The van der Waals surface area contributed by atoms with Crippen molar-refractivity contribution in [3.8, 4) is 0 Å². The molecule has 4 fully saturated rings. The molecule has 0 radical (unpaired) electrons. The van der Waals surface area contributed by atoms with E-state index in [9.17, 15) is 4.79 Å². The SMILES string of the molecule is CC[C@H]1CCC[C@H](O[C@H]2CC[C@H](N(C)C)C(C)O2)[C@@H](C)C(=O)C2=C[C@@H]3C(c4nc(Nc5cccc(Cl)c5)sc4C4C[C@@H](O[C@@H]5OC(C)[C@H](OC)C(OC)C5OC)C[C@H]43)[C@@H]2CC(=O)O1. The van der Waals surface area contributed by atoms with Crippen LogP contribution in [0.1, 0.15) is 108 Å². The monoisotopic (exact) mass is 913 g/mol. The summed E-state index contributed by atoms with van der Waals surface area (Å²) in [6.07, 6.45) is 5.00. The van der Waals surface area contributed by atoms with Gasteiger partial charge >= 0.3 is 5.97 Å². The molecule has 1 saturated carbocycles. The Morgan fingerprint density at radius 2 is 1.70 bits per heavy atom. The van der Waals surface area contributed by atoms with Gasteiger partial charge in [-0.2, -0.15) is 0 Å². The van der Waals surface area contributed by atoms with Crippen LogP contribution < -0.4 is 5.32 Å². The number of thiazole rings is 1. The van der Waals surface area contributed by atoms with E-state index in [4.69, 9.17) is 54.5 Å². The highest BCUT2D eigenvalue weighted by Crippen LogP contribution is 2.63. The van der Waals surface area contributed by atoms with Crippen LogP contribution in [0.5, 0.6) is 0 Å². The van der Waals surface area contributed by atoms with E-state index < -0.39 is 30.5 Å². The van der Waals surface area contributed by atoms with Crippen LogP contribution in [-0.4, -0.2) is 125 Å². The lowest BCUT2D eigenvalue weighted by molar-refractivity contribution is -0.314. The number of allylic oxidation sites excluding steroid dienone is 2. The Morgan fingerprint density at radius 1 is 0.921 bits per heavy atom. The lowest BCUT2D eigenvalue weighted by Gasteiger charge is -2.44. The number of cyclic esters (lactones) is 1. The number of benzene rings is 1. The summed E-state index contributed by atoms with van der Waals surface area (Å²) in [5.41, 5.74) is 2.46. The minimum Gasteiger partial charge on any atom is -0.462 e. The number of halogens is 1. The van der Waals surface area contributed by atoms with Gasteiger partial charge in [-0.15, -0.1) is 11.3 Å². The summed E-state index contributed by atoms with van der Waals surface area (Å²) in [6, 6.07) is 7.91. The number of carbonyl (C=O) groups is 2. The molecule has 0 spiro atoms. The van der Waals surface area contributed by atoms with E-state index in [0.717, 1.165) is 53.5 Å². The first-order valence-electron chi connectivity index (χ1n) is 23.2. The van der Waals surface area contributed by atoms with Crippen LogP contribution >= 0.6 is 22.9 Å². The molecule has 0 bridgehead atoms. The van der Waals surface area contributed by atoms with Crippen LogP contribution in [0, 0.1) is 23.7 Å². The maximum absolute atomic E-state index is 15.2. The lowest BCUT2D eigenvalue weighted by atomic mass is 9.67. The second kappa shape index (κ2) is 20.2. The van der Waals surface area contributed by atoms with Gasteiger partial charge < -0.3 is 48.1 Å². The molecule has 6 aliphatic rings. The Hall–Kier alpha value is -2.50. The van der Waals surface area contributed by atoms with Crippen molar-refractivity contribution < 1.29 is 47.5 Å². The van der Waals surface area contributed by atoms with Crippen molar-refractivity contribution in [3.05, 3.63) is 51.5 Å². The van der Waals surface area contributed by atoms with Crippen LogP contribution in [0.4, 0.5) is 10.8 Å². The van der Waals surface area contributed by atoms with E-state index in [1.807, 2.05) is 38.1 Å². The number of Topliss-reactive ketones (excluding diaryl/α,β-unsaturated/α-hetero) is 1. The van der Waals surface area contributed by atoms with Gasteiger partial charge in [0.2, 0.25) is 0 Å². The van der Waals surface area contributed by atoms with Crippen molar-refractivity contribution in [2.75, 3.05) is 40.7 Å². The predicted molar refractivity (Wildman–Crippen MR) is 240 cm³/mol. The van der Waals surface area contributed by atoms with Gasteiger partial charge in [0.15, 0.2) is 23.5 Å². The van der Waals surface area contributed by atoms with Crippen molar-refractivity contribution in [3.63, 3.8) is 0 Å². The Kier molecular flexibility index (Phi) is 15.0. The number of anilines is 2. The summed E-state index contributed by atoms with van der Waals surface area (Å²) in [4.78, 5) is 38.0. The average Bonchev–Trinajstić information content (AvgIpc) is 3.97. The van der Waals surface area contributed by atoms with Crippen LogP contribution in [0.2, 0.25) is 5.02 Å². The molecule has 15 heteroatoms. The fraction of sp³-hybridized carbons (Fsp3) is 0.729. The summed E-state index contributed by atoms with van der Waals surface area (Å²) in [7, 11) is 9.13. The molecule has 1 aromatic heterocycles. The molecule has 2 aromatic rings. The second-order valence-corrected chi connectivity index (χ2v) is 20.4. The molecule has 4 heterocycles. The van der Waals surface area contributed by atoms with Gasteiger partial charge in [-0.05, 0) is 115 Å². The molecular weight excluding hydrogens is 846 g/mol. The molecular formula is C48H68ClN3O10S. The third-order valence-corrected chi connectivity index (χ3v) is 16.3. The zero-order valence-electron chi connectivity index (χ0n) is 38.3. The summed E-state index contributed by atoms with van der Waals surface area (Å²) in [5.74, 6) is -1.18. The Labute approximate surface area is 382 Å². The highest BCUT2D eigenvalue weighted by Gasteiger charge is 2.57. The Bertz CT molecular complexity index is 1950. The number of ether oxygens (including phenoxy) is 8. The summed E-state index contributed by atoms with van der Waals surface area (Å²) < 4.78 is 50.5. The predicted octanol–water partition coefficient (Wildman–Crippen LogP) is 8.42. The van der Waals surface area contributed by atoms with Crippen LogP contribution in [0.15, 0.2) is 35.9 Å². The number of carbonyl (C=O) groups excluding carboxylic acids is 2. The highest BCUT2D eigenvalue weighted by atomic mass is 35.5. The normalized spacial score (nSPS) is 39.6. The van der Waals surface area contributed by atoms with Gasteiger partial charge in [0.25, 0.3) is 0 Å². The fourth-order valence-corrected chi connectivity index (χ4v) is 13.2. The van der Waals surface area contributed by atoms with Crippen molar-refractivity contribution >= 4 is 45.5 Å². The van der Waals surface area contributed by atoms with Crippen LogP contribution in [0.3, 0.4) is 0 Å². The van der Waals surface area contributed by atoms with E-state index in [-0.39, 0.29) is 84.6 Å². The molecule has 13 nitrogen and oxygen atoms in total. The highest BCUT2D eigenvalue weighted by molar-refractivity contribution is 7.15. The maximum Gasteiger partial charge on any atom is 0.306 e. The molecule has 348 valence electrons. The molecule has 3 aliphatic carbocycles. The molecule has 3 saturated heterocycles. The van der Waals surface area contributed by atoms with Crippen LogP contribution in [0.25, 0.3) is 0 Å². The third kappa shape index (κ3) is 9.69. The summed E-state index contributed by atoms with van der Waals surface area (Å²) in [6.45, 7) is 8.14. The summed E-state index contributed by atoms with van der Waals surface area (Å²) >= 11 is 8.05. The Morgan fingerprint density at radius 3 is 2.40 bits per heavy atom. The minimum absolute atomic E-state index is 0.000184. The lowest BCUT2D eigenvalue weighted by Crippen LogP contribution is -2.59. The van der Waals surface area contributed by atoms with Gasteiger partial charge in [0, 0.05) is 66.6 Å². The number of fused-ring (bicyclic) bond motifs is 8. The fourth-order valence-electron chi connectivity index (χ4n) is 11.8. The number of likely N-dealkylation sites (N-methyl/N-ethyl adjacent to an activating group) is 1. The number of hydrogen-bond donors (Lipinski definition) is 1. The van der Waals surface area contributed by atoms with Gasteiger partial charge in [-0.1, -0.05) is 37.6 Å². The average molecular weight is 915 g/mol. The number of rotatable bonds is 11. The molecule has 0 amide bonds. The van der Waals surface area contributed by atoms with Crippen molar-refractivity contribution in [1.82, 2.24) is 9.88 Å². The molecule has 6 unspecified atom stereocenters. The van der Waals surface area contributed by atoms with Crippen molar-refractivity contribution in [1.29, 1.82) is 0 Å². The van der Waals surface area contributed by atoms with Crippen LogP contribution in [-0.2, 0) is 47.5 Å². The van der Waals surface area contributed by atoms with Crippen molar-refractivity contribution in [2.24, 2.45) is 23.7 Å². The van der Waals surface area contributed by atoms with E-state index in [2.05, 4.69) is 44.2 Å². The van der Waals surface area contributed by atoms with E-state index >= 15 is 4.79 Å². The zero-order chi connectivity index (χ0) is 44.7. The van der Waals surface area contributed by atoms with E-state index in [1.165, 1.54) is 0 Å². The largest absolute Gasteiger partial charge is 0.462 e. The smallest absolute Gasteiger partial charge is 0.306 e. The first-order chi connectivity index (χ1) is 30.3. The molecule has 8 rings (SSSR count). The topological polar surface area (TPSA) is 136 Å². The molecule has 3 aliphatic heterocycles. The van der Waals surface area contributed by atoms with Crippen molar-refractivity contribution in [2.45, 2.75) is 165 Å². The zero-order valence-corrected chi connectivity index (χ0v) is 39.9. The number of esters is 1. The second-order valence-electron chi connectivity index (χ2n) is 18.9. The maximum atomic E-state index is 15.2. The first kappa shape index (κ1) is 47.0. The number of nitrogens with one attached hydrogen (secondary N) is 1. The number of nitrogens with zero attached hydrogens (tertiary/aromatic N) is 2. The first-order valence-corrected chi connectivity index (χ1v) is 24.4. The number of ketones is 1. The molecule has 17 atom stereocenters. The van der Waals surface area contributed by atoms with E-state index in [0.29, 0.717) is 35.9 Å². The minimum atomic E-state index is -0.675. The standard InChI is InChI=1S/C48H68ClN3O10S/c1-10-29-15-12-16-37(62-39-18-17-36(52(5)6)25(3)58-39)24(2)42(54)34-22-32-31-20-30(61-47-45(57-9)44(56-8)43(55-7)26(4)59-47)21-35(31)46-41(40(32)33(34)23-38(53)60-29)51-48(63-46)50-28-14-11-13-27(49)19-28/h11,13-14,19,22,24-26,29-33,35-37,39-40,43-45,47H,10,12,15-18,20-21,23H2,1-9H3,(H,50,51)/t24-,25?,26?,29+,30+,31+,32+,33-,35?,36+,37+,39+,40?,43+,44?,45?,47+/m1/s1. The number of hydrogen-bond acceptors (Lipinski definition) is 14. The molecule has 1 N–H and O–H groups in total. The van der Waals surface area contributed by atoms with Gasteiger partial charge in [-0.25, -0.2) is 4.98 Å². The molecule has 1 aromatic carbocycles. The van der Waals surface area contributed by atoms with Gasteiger partial charge in [0.05, 0.1) is 36.5 Å². The third-order valence-electron chi connectivity index (χ3n) is 15.0. The Balaban J connectivity index is 1.13. The van der Waals surface area contributed by atoms with Gasteiger partial charge in [-0.3, -0.25) is 9.59 Å².